The molecule has 2 heterocycles. The number of amides is 3. The lowest BCUT2D eigenvalue weighted by atomic mass is 9.99. The highest BCUT2D eigenvalue weighted by Crippen LogP contribution is 2.55. The van der Waals surface area contributed by atoms with Crippen LogP contribution in [0.4, 0.5) is 5.82 Å². The largest absolute Gasteiger partial charge is 0.330 e. The average molecular weight is 389 g/mol. The molecule has 2 aliphatic rings. The summed E-state index contributed by atoms with van der Waals surface area (Å²) in [5.41, 5.74) is 0.0267. The number of nitrogens with zero attached hydrogens (tertiary/aromatic N) is 4. The molecule has 9 heteroatoms. The first-order valence-corrected chi connectivity index (χ1v) is 9.76. The lowest BCUT2D eigenvalue weighted by molar-refractivity contribution is -0.157. The van der Waals surface area contributed by atoms with Crippen LogP contribution < -0.4 is 5.32 Å². The summed E-state index contributed by atoms with van der Waals surface area (Å²) in [6, 6.07) is -0.579. The highest BCUT2D eigenvalue weighted by atomic mass is 16.5. The Labute approximate surface area is 164 Å². The molecule has 3 rings (SSSR count). The van der Waals surface area contributed by atoms with Crippen LogP contribution in [0.5, 0.6) is 0 Å². The minimum Gasteiger partial charge on any atom is -0.330 e. The summed E-state index contributed by atoms with van der Waals surface area (Å²) < 4.78 is 0. The number of nitrogens with one attached hydrogen (secondary N) is 1. The second kappa shape index (κ2) is 8.64. The van der Waals surface area contributed by atoms with Crippen molar-refractivity contribution in [3.8, 4) is 0 Å². The molecule has 1 saturated carbocycles. The fraction of sp³-hybridized carbons (Fsp3) is 0.632. The molecule has 9 nitrogen and oxygen atoms in total. The van der Waals surface area contributed by atoms with Crippen LogP contribution in [0.25, 0.3) is 0 Å². The van der Waals surface area contributed by atoms with E-state index < -0.39 is 12.0 Å². The fourth-order valence-corrected chi connectivity index (χ4v) is 3.88. The summed E-state index contributed by atoms with van der Waals surface area (Å²) in [6.07, 6.45) is 9.68. The third-order valence-electron chi connectivity index (χ3n) is 5.65. The Kier molecular flexibility index (Phi) is 6.23. The maximum absolute atomic E-state index is 13.2. The predicted octanol–water partition coefficient (Wildman–Crippen LogP) is 1.45. The van der Waals surface area contributed by atoms with E-state index in [4.69, 9.17) is 0 Å². The second-order valence-corrected chi connectivity index (χ2v) is 7.83. The number of hydroxylamine groups is 2. The SMILES string of the molecule is CCCC[C@H](CN(O)C=O)C(=O)N1CC2(CC2)C[C@H]1C(=O)Nc1cnccn1. The zero-order valence-electron chi connectivity index (χ0n) is 16.1. The van der Waals surface area contributed by atoms with Gasteiger partial charge in [0.05, 0.1) is 18.7 Å². The van der Waals surface area contributed by atoms with E-state index in [1.807, 2.05) is 6.92 Å². The van der Waals surface area contributed by atoms with E-state index in [0.29, 0.717) is 36.7 Å². The van der Waals surface area contributed by atoms with Crippen molar-refractivity contribution in [2.24, 2.45) is 11.3 Å². The summed E-state index contributed by atoms with van der Waals surface area (Å²) in [5, 5.41) is 12.9. The molecule has 0 aromatic carbocycles. The monoisotopic (exact) mass is 389 g/mol. The van der Waals surface area contributed by atoms with Crippen molar-refractivity contribution in [2.45, 2.75) is 51.5 Å². The first-order chi connectivity index (χ1) is 13.5. The Morgan fingerprint density at radius 3 is 2.86 bits per heavy atom. The van der Waals surface area contributed by atoms with Gasteiger partial charge < -0.3 is 10.2 Å². The molecule has 1 saturated heterocycles. The maximum atomic E-state index is 13.2. The summed E-state index contributed by atoms with van der Waals surface area (Å²) >= 11 is 0. The van der Waals surface area contributed by atoms with Crippen LogP contribution in [-0.4, -0.2) is 62.5 Å². The van der Waals surface area contributed by atoms with E-state index in [0.717, 1.165) is 25.7 Å². The topological polar surface area (TPSA) is 116 Å². The van der Waals surface area contributed by atoms with Crippen molar-refractivity contribution in [1.29, 1.82) is 0 Å². The molecular weight excluding hydrogens is 362 g/mol. The molecule has 0 bridgehead atoms. The smallest absolute Gasteiger partial charge is 0.248 e. The molecule has 0 unspecified atom stereocenters. The third-order valence-corrected chi connectivity index (χ3v) is 5.65. The van der Waals surface area contributed by atoms with Gasteiger partial charge in [-0.1, -0.05) is 19.8 Å². The van der Waals surface area contributed by atoms with E-state index in [1.54, 1.807) is 4.90 Å². The molecule has 1 aliphatic carbocycles. The Morgan fingerprint density at radius 1 is 1.46 bits per heavy atom. The van der Waals surface area contributed by atoms with Gasteiger partial charge in [0.2, 0.25) is 18.2 Å². The summed E-state index contributed by atoms with van der Waals surface area (Å²) in [6.45, 7) is 2.49. The van der Waals surface area contributed by atoms with Crippen molar-refractivity contribution < 1.29 is 19.6 Å². The van der Waals surface area contributed by atoms with Gasteiger partial charge in [0.25, 0.3) is 0 Å². The number of carbonyl (C=O) groups is 3. The number of likely N-dealkylation sites (tertiary alicyclic amines) is 1. The van der Waals surface area contributed by atoms with Gasteiger partial charge in [-0.2, -0.15) is 0 Å². The second-order valence-electron chi connectivity index (χ2n) is 7.83. The number of rotatable bonds is 9. The normalized spacial score (nSPS) is 20.6. The van der Waals surface area contributed by atoms with E-state index in [1.165, 1.54) is 18.6 Å². The molecule has 1 spiro atoms. The highest BCUT2D eigenvalue weighted by Gasteiger charge is 2.55. The van der Waals surface area contributed by atoms with Crippen LogP contribution >= 0.6 is 0 Å². The van der Waals surface area contributed by atoms with E-state index in [2.05, 4.69) is 15.3 Å². The van der Waals surface area contributed by atoms with Crippen LogP contribution in [0.15, 0.2) is 18.6 Å². The molecule has 1 aliphatic heterocycles. The predicted molar refractivity (Wildman–Crippen MR) is 100 cm³/mol. The summed E-state index contributed by atoms with van der Waals surface area (Å²) in [5.74, 6) is -0.641. The molecule has 2 fully saturated rings. The van der Waals surface area contributed by atoms with Crippen molar-refractivity contribution in [2.75, 3.05) is 18.4 Å². The third kappa shape index (κ3) is 4.64. The van der Waals surface area contributed by atoms with Crippen LogP contribution in [0, 0.1) is 11.3 Å². The molecule has 152 valence electrons. The average Bonchev–Trinajstić information content (AvgIpc) is 3.35. The lowest BCUT2D eigenvalue weighted by Gasteiger charge is -2.29. The number of anilines is 1. The Hall–Kier alpha value is -2.55. The highest BCUT2D eigenvalue weighted by molar-refractivity contribution is 5.97. The molecule has 2 N–H and O–H groups in total. The lowest BCUT2D eigenvalue weighted by Crippen LogP contribution is -2.47. The maximum Gasteiger partial charge on any atom is 0.248 e. The van der Waals surface area contributed by atoms with Crippen LogP contribution in [0.2, 0.25) is 0 Å². The minimum atomic E-state index is -0.579. The van der Waals surface area contributed by atoms with Gasteiger partial charge in [-0.3, -0.25) is 24.6 Å². The zero-order valence-corrected chi connectivity index (χ0v) is 16.1. The number of hydrogen-bond acceptors (Lipinski definition) is 6. The number of carbonyl (C=O) groups excluding carboxylic acids is 3. The van der Waals surface area contributed by atoms with Crippen molar-refractivity contribution >= 4 is 24.0 Å². The minimum absolute atomic E-state index is 0.0267. The van der Waals surface area contributed by atoms with Gasteiger partial charge in [0.15, 0.2) is 5.82 Å². The van der Waals surface area contributed by atoms with Crippen molar-refractivity contribution in [1.82, 2.24) is 19.9 Å². The van der Waals surface area contributed by atoms with E-state index >= 15 is 0 Å². The first kappa shape index (κ1) is 20.2. The van der Waals surface area contributed by atoms with Crippen LogP contribution in [0.3, 0.4) is 0 Å². The van der Waals surface area contributed by atoms with Crippen molar-refractivity contribution in [3.63, 3.8) is 0 Å². The quantitative estimate of drug-likeness (QED) is 0.375. The van der Waals surface area contributed by atoms with Gasteiger partial charge in [0.1, 0.15) is 6.04 Å². The number of aromatic nitrogens is 2. The van der Waals surface area contributed by atoms with Gasteiger partial charge in [0, 0.05) is 18.9 Å². The van der Waals surface area contributed by atoms with Gasteiger partial charge in [-0.05, 0) is 31.1 Å². The molecule has 28 heavy (non-hydrogen) atoms. The molecule has 3 amide bonds. The van der Waals surface area contributed by atoms with E-state index in [9.17, 15) is 19.6 Å². The molecule has 1 aromatic rings. The molecule has 2 atom stereocenters. The summed E-state index contributed by atoms with van der Waals surface area (Å²) in [4.78, 5) is 46.6. The first-order valence-electron chi connectivity index (χ1n) is 9.76. The van der Waals surface area contributed by atoms with Gasteiger partial charge in [-0.15, -0.1) is 0 Å². The summed E-state index contributed by atoms with van der Waals surface area (Å²) in [7, 11) is 0. The Morgan fingerprint density at radius 2 is 2.25 bits per heavy atom. The van der Waals surface area contributed by atoms with E-state index in [-0.39, 0.29) is 23.8 Å². The van der Waals surface area contributed by atoms with Gasteiger partial charge >= 0.3 is 0 Å². The van der Waals surface area contributed by atoms with Crippen LogP contribution in [0.1, 0.15) is 45.4 Å². The van der Waals surface area contributed by atoms with Gasteiger partial charge in [-0.25, -0.2) is 10.0 Å². The number of hydrogen-bond donors (Lipinski definition) is 2. The molecular formula is C19H27N5O4. The number of unbranched alkanes of at least 4 members (excludes halogenated alkanes) is 1. The standard InChI is InChI=1S/C19H27N5O4/c1-2-3-4-14(11-23(28)13-25)18(27)24-12-19(5-6-19)9-15(24)17(26)22-16-10-20-7-8-21-16/h7-8,10,13-15,28H,2-6,9,11-12H2,1H3,(H,21,22,26)/t14-,15+/m1/s1. The van der Waals surface area contributed by atoms with Crippen molar-refractivity contribution in [3.05, 3.63) is 18.6 Å². The fourth-order valence-electron chi connectivity index (χ4n) is 3.88. The van der Waals surface area contributed by atoms with Crippen LogP contribution in [-0.2, 0) is 14.4 Å². The zero-order chi connectivity index (χ0) is 20.1. The molecule has 0 radical (unpaired) electrons. The Bertz CT molecular complexity index is 710. The molecule has 1 aromatic heterocycles. The Balaban J connectivity index is 1.74.